The van der Waals surface area contributed by atoms with Crippen molar-refractivity contribution in [2.75, 3.05) is 13.1 Å². The molecule has 1 amide bonds. The van der Waals surface area contributed by atoms with Gasteiger partial charge in [0, 0.05) is 18.2 Å². The minimum atomic E-state index is -1.18. The Morgan fingerprint density at radius 3 is 2.53 bits per heavy atom. The standard InChI is InChI=1S/C13H15F3N2O/c1-7-6-17-3-2-11(7)18-13(19)12-9(15)4-8(14)5-10(12)16/h4-5,7,11,17H,2-3,6H2,1H3,(H,18,19)/t7-,11-/m1/s1. The highest BCUT2D eigenvalue weighted by molar-refractivity contribution is 5.95. The van der Waals surface area contributed by atoms with Gasteiger partial charge >= 0.3 is 0 Å². The van der Waals surface area contributed by atoms with Crippen LogP contribution >= 0.6 is 0 Å². The zero-order valence-corrected chi connectivity index (χ0v) is 10.5. The highest BCUT2D eigenvalue weighted by Crippen LogP contribution is 2.17. The summed E-state index contributed by atoms with van der Waals surface area (Å²) in [6.07, 6.45) is 0.692. The summed E-state index contributed by atoms with van der Waals surface area (Å²) in [5.41, 5.74) is -0.730. The molecule has 0 spiro atoms. The highest BCUT2D eigenvalue weighted by Gasteiger charge is 2.26. The molecule has 1 aliphatic heterocycles. The van der Waals surface area contributed by atoms with Gasteiger partial charge in [-0.05, 0) is 25.4 Å². The van der Waals surface area contributed by atoms with Gasteiger partial charge in [0.15, 0.2) is 0 Å². The summed E-state index contributed by atoms with van der Waals surface area (Å²) in [5.74, 6) is -4.08. The van der Waals surface area contributed by atoms with Crippen molar-refractivity contribution in [2.45, 2.75) is 19.4 Å². The molecule has 0 unspecified atom stereocenters. The van der Waals surface area contributed by atoms with E-state index in [1.54, 1.807) is 0 Å². The van der Waals surface area contributed by atoms with Crippen LogP contribution in [0.1, 0.15) is 23.7 Å². The number of hydrogen-bond donors (Lipinski definition) is 2. The van der Waals surface area contributed by atoms with Crippen molar-refractivity contribution in [3.8, 4) is 0 Å². The Balaban J connectivity index is 2.16. The van der Waals surface area contributed by atoms with Crippen molar-refractivity contribution >= 4 is 5.91 Å². The van der Waals surface area contributed by atoms with Crippen molar-refractivity contribution in [3.05, 3.63) is 35.1 Å². The van der Waals surface area contributed by atoms with Crippen LogP contribution < -0.4 is 10.6 Å². The lowest BCUT2D eigenvalue weighted by Gasteiger charge is -2.30. The van der Waals surface area contributed by atoms with Crippen LogP contribution in [0.2, 0.25) is 0 Å². The predicted octanol–water partition coefficient (Wildman–Crippen LogP) is 1.83. The van der Waals surface area contributed by atoms with Crippen LogP contribution in [0, 0.1) is 23.4 Å². The van der Waals surface area contributed by atoms with E-state index in [0.717, 1.165) is 13.1 Å². The molecule has 0 bridgehead atoms. The van der Waals surface area contributed by atoms with Crippen LogP contribution in [-0.2, 0) is 0 Å². The molecule has 1 aromatic carbocycles. The molecule has 2 rings (SSSR count). The molecule has 0 radical (unpaired) electrons. The molecule has 6 heteroatoms. The van der Waals surface area contributed by atoms with E-state index >= 15 is 0 Å². The first-order valence-corrected chi connectivity index (χ1v) is 6.15. The Hall–Kier alpha value is -1.56. The van der Waals surface area contributed by atoms with E-state index in [4.69, 9.17) is 0 Å². The molecule has 3 nitrogen and oxygen atoms in total. The van der Waals surface area contributed by atoms with Crippen molar-refractivity contribution < 1.29 is 18.0 Å². The molecule has 1 fully saturated rings. The van der Waals surface area contributed by atoms with Gasteiger partial charge < -0.3 is 10.6 Å². The number of carbonyl (C=O) groups is 1. The first kappa shape index (κ1) is 13.9. The Morgan fingerprint density at radius 2 is 1.95 bits per heavy atom. The quantitative estimate of drug-likeness (QED) is 0.862. The summed E-state index contributed by atoms with van der Waals surface area (Å²) in [7, 11) is 0. The zero-order chi connectivity index (χ0) is 14.0. The Labute approximate surface area is 109 Å². The number of nitrogens with one attached hydrogen (secondary N) is 2. The second-order valence-corrected chi connectivity index (χ2v) is 4.79. The lowest BCUT2D eigenvalue weighted by atomic mass is 9.95. The molecular formula is C13H15F3N2O. The van der Waals surface area contributed by atoms with Gasteiger partial charge in [-0.25, -0.2) is 13.2 Å². The minimum Gasteiger partial charge on any atom is -0.349 e. The zero-order valence-electron chi connectivity index (χ0n) is 10.5. The maximum atomic E-state index is 13.5. The monoisotopic (exact) mass is 272 g/mol. The third-order valence-corrected chi connectivity index (χ3v) is 3.34. The highest BCUT2D eigenvalue weighted by atomic mass is 19.1. The van der Waals surface area contributed by atoms with E-state index in [1.807, 2.05) is 6.92 Å². The molecule has 0 aliphatic carbocycles. The van der Waals surface area contributed by atoms with Gasteiger partial charge in [-0.3, -0.25) is 4.79 Å². The van der Waals surface area contributed by atoms with E-state index in [1.165, 1.54) is 0 Å². The fraction of sp³-hybridized carbons (Fsp3) is 0.462. The summed E-state index contributed by atoms with van der Waals surface area (Å²) in [6, 6.07) is 0.867. The summed E-state index contributed by atoms with van der Waals surface area (Å²) in [4.78, 5) is 11.9. The normalized spacial score (nSPS) is 23.2. The van der Waals surface area contributed by atoms with Crippen LogP contribution in [0.5, 0.6) is 0 Å². The van der Waals surface area contributed by atoms with Crippen LogP contribution in [-0.4, -0.2) is 25.0 Å². The minimum absolute atomic E-state index is 0.141. The molecule has 2 N–H and O–H groups in total. The summed E-state index contributed by atoms with van der Waals surface area (Å²) >= 11 is 0. The fourth-order valence-corrected chi connectivity index (χ4v) is 2.23. The lowest BCUT2D eigenvalue weighted by Crippen LogP contribution is -2.48. The number of carbonyl (C=O) groups excluding carboxylic acids is 1. The van der Waals surface area contributed by atoms with E-state index in [0.29, 0.717) is 18.6 Å². The van der Waals surface area contributed by atoms with Gasteiger partial charge in [-0.15, -0.1) is 0 Å². The van der Waals surface area contributed by atoms with Gasteiger partial charge in [-0.2, -0.15) is 0 Å². The number of halogens is 3. The van der Waals surface area contributed by atoms with Crippen LogP contribution in [0.3, 0.4) is 0 Å². The van der Waals surface area contributed by atoms with Crippen molar-refractivity contribution in [1.29, 1.82) is 0 Å². The van der Waals surface area contributed by atoms with Gasteiger partial charge in [0.1, 0.15) is 23.0 Å². The van der Waals surface area contributed by atoms with E-state index in [9.17, 15) is 18.0 Å². The number of hydrogen-bond acceptors (Lipinski definition) is 2. The molecule has 1 aliphatic rings. The molecule has 1 saturated heterocycles. The van der Waals surface area contributed by atoms with Gasteiger partial charge in [-0.1, -0.05) is 6.92 Å². The largest absolute Gasteiger partial charge is 0.349 e. The molecule has 19 heavy (non-hydrogen) atoms. The lowest BCUT2D eigenvalue weighted by molar-refractivity contribution is 0.0905. The number of rotatable bonds is 2. The average molecular weight is 272 g/mol. The molecule has 0 saturated carbocycles. The van der Waals surface area contributed by atoms with Gasteiger partial charge in [0.05, 0.1) is 0 Å². The summed E-state index contributed by atoms with van der Waals surface area (Å²) in [5, 5.41) is 5.76. The van der Waals surface area contributed by atoms with Crippen molar-refractivity contribution in [3.63, 3.8) is 0 Å². The number of amides is 1. The fourth-order valence-electron chi connectivity index (χ4n) is 2.23. The maximum absolute atomic E-state index is 13.5. The van der Waals surface area contributed by atoms with Crippen molar-refractivity contribution in [2.24, 2.45) is 5.92 Å². The van der Waals surface area contributed by atoms with E-state index in [2.05, 4.69) is 10.6 Å². The number of benzene rings is 1. The van der Waals surface area contributed by atoms with Crippen molar-refractivity contribution in [1.82, 2.24) is 10.6 Å². The molecule has 1 aromatic rings. The molecule has 1 heterocycles. The van der Waals surface area contributed by atoms with E-state index < -0.39 is 28.9 Å². The topological polar surface area (TPSA) is 41.1 Å². The third-order valence-electron chi connectivity index (χ3n) is 3.34. The molecule has 2 atom stereocenters. The average Bonchev–Trinajstić information content (AvgIpc) is 2.30. The van der Waals surface area contributed by atoms with Gasteiger partial charge in [0.2, 0.25) is 0 Å². The molecule has 0 aromatic heterocycles. The second kappa shape index (κ2) is 5.61. The van der Waals surface area contributed by atoms with Crippen LogP contribution in [0.4, 0.5) is 13.2 Å². The second-order valence-electron chi connectivity index (χ2n) is 4.79. The van der Waals surface area contributed by atoms with Crippen LogP contribution in [0.25, 0.3) is 0 Å². The van der Waals surface area contributed by atoms with E-state index in [-0.39, 0.29) is 12.0 Å². The molecule has 104 valence electrons. The van der Waals surface area contributed by atoms with Crippen LogP contribution in [0.15, 0.2) is 12.1 Å². The summed E-state index contributed by atoms with van der Waals surface area (Å²) < 4.78 is 39.7. The SMILES string of the molecule is C[C@@H]1CNCC[C@H]1NC(=O)c1c(F)cc(F)cc1F. The van der Waals surface area contributed by atoms with Gasteiger partial charge in [0.25, 0.3) is 5.91 Å². The Kier molecular flexibility index (Phi) is 4.09. The summed E-state index contributed by atoms with van der Waals surface area (Å²) in [6.45, 7) is 3.41. The Morgan fingerprint density at radius 1 is 1.32 bits per heavy atom. The predicted molar refractivity (Wildman–Crippen MR) is 64.2 cm³/mol. The molecular weight excluding hydrogens is 257 g/mol. The maximum Gasteiger partial charge on any atom is 0.257 e. The first-order chi connectivity index (χ1) is 8.99. The third kappa shape index (κ3) is 3.07. The number of piperidine rings is 1. The Bertz CT molecular complexity index is 470. The smallest absolute Gasteiger partial charge is 0.257 e. The first-order valence-electron chi connectivity index (χ1n) is 6.15.